The van der Waals surface area contributed by atoms with E-state index in [4.69, 9.17) is 19.2 Å². The molecule has 4 aromatic rings. The lowest BCUT2D eigenvalue weighted by Gasteiger charge is -2.27. The molecule has 2 aliphatic rings. The fourth-order valence-corrected chi connectivity index (χ4v) is 4.95. The molecule has 0 amide bonds. The number of benzene rings is 2. The van der Waals surface area contributed by atoms with Crippen LogP contribution in [0.2, 0.25) is 0 Å². The van der Waals surface area contributed by atoms with Gasteiger partial charge in [-0.05, 0) is 47.5 Å². The predicted octanol–water partition coefficient (Wildman–Crippen LogP) is 5.16. The molecular formula is C29H28N4O3. The highest BCUT2D eigenvalue weighted by atomic mass is 16.5. The van der Waals surface area contributed by atoms with Crippen LogP contribution in [0.1, 0.15) is 18.4 Å². The van der Waals surface area contributed by atoms with Gasteiger partial charge in [0.25, 0.3) is 0 Å². The Hall–Kier alpha value is -3.86. The first-order valence-electron chi connectivity index (χ1n) is 12.5. The Balaban J connectivity index is 1.29. The van der Waals surface area contributed by atoms with Crippen molar-refractivity contribution >= 4 is 16.7 Å². The largest absolute Gasteiger partial charge is 0.489 e. The van der Waals surface area contributed by atoms with Crippen molar-refractivity contribution in [1.82, 2.24) is 9.97 Å². The minimum atomic E-state index is 0.0932. The van der Waals surface area contributed by atoms with Crippen LogP contribution in [-0.4, -0.2) is 55.6 Å². The van der Waals surface area contributed by atoms with Gasteiger partial charge in [-0.1, -0.05) is 18.2 Å². The summed E-state index contributed by atoms with van der Waals surface area (Å²) in [5.74, 6) is 1.62. The van der Waals surface area contributed by atoms with E-state index in [1.165, 1.54) is 0 Å². The van der Waals surface area contributed by atoms with Crippen molar-refractivity contribution in [1.29, 1.82) is 5.26 Å². The molecule has 4 heterocycles. The zero-order valence-corrected chi connectivity index (χ0v) is 20.1. The van der Waals surface area contributed by atoms with E-state index in [1.807, 2.05) is 30.5 Å². The SMILES string of the molecule is N#Cc1cc(-c2cccc3[nH]c(-c4ccc(N5CCOCC5)nc4)cc23)ccc1OC1CCOCC1. The van der Waals surface area contributed by atoms with Crippen molar-refractivity contribution in [2.24, 2.45) is 0 Å². The van der Waals surface area contributed by atoms with Gasteiger partial charge in [0.1, 0.15) is 23.7 Å². The van der Waals surface area contributed by atoms with Crippen LogP contribution in [0.25, 0.3) is 33.3 Å². The highest BCUT2D eigenvalue weighted by molar-refractivity contribution is 5.98. The van der Waals surface area contributed by atoms with Gasteiger partial charge >= 0.3 is 0 Å². The number of nitrogens with one attached hydrogen (secondary N) is 1. The second-order valence-electron chi connectivity index (χ2n) is 9.21. The maximum Gasteiger partial charge on any atom is 0.137 e. The van der Waals surface area contributed by atoms with Crippen LogP contribution in [0, 0.1) is 11.3 Å². The van der Waals surface area contributed by atoms with Gasteiger partial charge in [0.05, 0.1) is 32.0 Å². The average Bonchev–Trinajstić information content (AvgIpc) is 3.39. The number of hydrogen-bond acceptors (Lipinski definition) is 6. The van der Waals surface area contributed by atoms with Gasteiger partial charge in [0.2, 0.25) is 0 Å². The normalized spacial score (nSPS) is 16.7. The summed E-state index contributed by atoms with van der Waals surface area (Å²) in [6, 6.07) is 20.8. The molecule has 182 valence electrons. The molecule has 7 heteroatoms. The summed E-state index contributed by atoms with van der Waals surface area (Å²) in [7, 11) is 0. The summed E-state index contributed by atoms with van der Waals surface area (Å²) < 4.78 is 17.0. The maximum atomic E-state index is 9.82. The average molecular weight is 481 g/mol. The zero-order valence-electron chi connectivity index (χ0n) is 20.1. The summed E-state index contributed by atoms with van der Waals surface area (Å²) in [5, 5.41) is 10.9. The zero-order chi connectivity index (χ0) is 24.3. The van der Waals surface area contributed by atoms with E-state index in [-0.39, 0.29) is 6.10 Å². The van der Waals surface area contributed by atoms with Gasteiger partial charge in [0, 0.05) is 54.3 Å². The minimum Gasteiger partial charge on any atom is -0.489 e. The van der Waals surface area contributed by atoms with Crippen LogP contribution in [0.3, 0.4) is 0 Å². The second-order valence-corrected chi connectivity index (χ2v) is 9.21. The Morgan fingerprint density at radius 3 is 2.53 bits per heavy atom. The molecule has 0 spiro atoms. The smallest absolute Gasteiger partial charge is 0.137 e. The first-order chi connectivity index (χ1) is 17.8. The lowest BCUT2D eigenvalue weighted by molar-refractivity contribution is 0.0254. The van der Waals surface area contributed by atoms with E-state index >= 15 is 0 Å². The third kappa shape index (κ3) is 4.53. The number of pyridine rings is 1. The van der Waals surface area contributed by atoms with Crippen LogP contribution in [0.4, 0.5) is 5.82 Å². The molecule has 1 N–H and O–H groups in total. The number of ether oxygens (including phenoxy) is 3. The molecule has 2 saturated heterocycles. The molecule has 0 atom stereocenters. The van der Waals surface area contributed by atoms with E-state index < -0.39 is 0 Å². The third-order valence-corrected chi connectivity index (χ3v) is 6.93. The Morgan fingerprint density at radius 2 is 1.75 bits per heavy atom. The molecule has 36 heavy (non-hydrogen) atoms. The number of fused-ring (bicyclic) bond motifs is 1. The number of nitriles is 1. The van der Waals surface area contributed by atoms with Gasteiger partial charge in [-0.3, -0.25) is 0 Å². The van der Waals surface area contributed by atoms with Crippen LogP contribution in [-0.2, 0) is 9.47 Å². The van der Waals surface area contributed by atoms with Crippen molar-refractivity contribution in [2.75, 3.05) is 44.4 Å². The molecule has 2 aromatic heterocycles. The minimum absolute atomic E-state index is 0.0932. The molecule has 0 bridgehead atoms. The lowest BCUT2D eigenvalue weighted by Crippen LogP contribution is -2.36. The Labute approximate surface area is 210 Å². The van der Waals surface area contributed by atoms with E-state index in [2.05, 4.69) is 46.3 Å². The van der Waals surface area contributed by atoms with Crippen molar-refractivity contribution in [3.63, 3.8) is 0 Å². The molecule has 2 fully saturated rings. The number of aromatic amines is 1. The Bertz CT molecular complexity index is 1390. The topological polar surface area (TPSA) is 83.4 Å². The molecule has 2 aromatic carbocycles. The first kappa shape index (κ1) is 22.6. The number of anilines is 1. The number of nitrogens with zero attached hydrogens (tertiary/aromatic N) is 3. The van der Waals surface area contributed by atoms with Crippen molar-refractivity contribution < 1.29 is 14.2 Å². The van der Waals surface area contributed by atoms with Crippen LogP contribution in [0.5, 0.6) is 5.75 Å². The van der Waals surface area contributed by atoms with Gasteiger partial charge < -0.3 is 24.1 Å². The van der Waals surface area contributed by atoms with Gasteiger partial charge in [-0.2, -0.15) is 5.26 Å². The van der Waals surface area contributed by atoms with E-state index in [0.29, 0.717) is 24.5 Å². The summed E-state index contributed by atoms with van der Waals surface area (Å²) >= 11 is 0. The number of aromatic nitrogens is 2. The number of hydrogen-bond donors (Lipinski definition) is 1. The highest BCUT2D eigenvalue weighted by Gasteiger charge is 2.18. The summed E-state index contributed by atoms with van der Waals surface area (Å²) in [5.41, 5.74) is 5.70. The quantitative estimate of drug-likeness (QED) is 0.425. The molecule has 0 aliphatic carbocycles. The van der Waals surface area contributed by atoms with Crippen molar-refractivity contribution in [2.45, 2.75) is 18.9 Å². The predicted molar refractivity (Wildman–Crippen MR) is 139 cm³/mol. The summed E-state index contributed by atoms with van der Waals surface area (Å²) in [6.45, 7) is 4.62. The van der Waals surface area contributed by atoms with Gasteiger partial charge in [0.15, 0.2) is 0 Å². The fourth-order valence-electron chi connectivity index (χ4n) is 4.95. The summed E-state index contributed by atoms with van der Waals surface area (Å²) in [6.07, 6.45) is 3.71. The molecule has 0 unspecified atom stereocenters. The molecule has 0 radical (unpaired) electrons. The maximum absolute atomic E-state index is 9.82. The molecule has 6 rings (SSSR count). The summed E-state index contributed by atoms with van der Waals surface area (Å²) in [4.78, 5) is 10.5. The van der Waals surface area contributed by atoms with Gasteiger partial charge in [-0.25, -0.2) is 4.98 Å². The molecule has 2 aliphatic heterocycles. The Kier molecular flexibility index (Phi) is 6.29. The fraction of sp³-hybridized carbons (Fsp3) is 0.310. The van der Waals surface area contributed by atoms with Crippen LogP contribution < -0.4 is 9.64 Å². The number of rotatable bonds is 5. The highest BCUT2D eigenvalue weighted by Crippen LogP contribution is 2.35. The number of H-pyrrole nitrogens is 1. The van der Waals surface area contributed by atoms with Crippen LogP contribution >= 0.6 is 0 Å². The van der Waals surface area contributed by atoms with Crippen LogP contribution in [0.15, 0.2) is 60.8 Å². The van der Waals surface area contributed by atoms with Crippen molar-refractivity contribution in [3.8, 4) is 34.2 Å². The molecule has 0 saturated carbocycles. The first-order valence-corrected chi connectivity index (χ1v) is 12.5. The standard InChI is InChI=1S/C29H28N4O3/c30-18-22-16-20(4-6-28(22)36-23-8-12-34-13-9-23)24-2-1-3-26-25(24)17-27(32-26)21-5-7-29(31-19-21)33-10-14-35-15-11-33/h1-7,16-17,19,23,32H,8-15H2. The van der Waals surface area contributed by atoms with Crippen molar-refractivity contribution in [3.05, 3.63) is 66.4 Å². The molecular weight excluding hydrogens is 452 g/mol. The van der Waals surface area contributed by atoms with E-state index in [1.54, 1.807) is 0 Å². The Morgan fingerprint density at radius 1 is 0.944 bits per heavy atom. The second kappa shape index (κ2) is 10.0. The van der Waals surface area contributed by atoms with Gasteiger partial charge in [-0.15, -0.1) is 0 Å². The monoisotopic (exact) mass is 480 g/mol. The third-order valence-electron chi connectivity index (χ3n) is 6.93. The number of morpholine rings is 1. The van der Waals surface area contributed by atoms with E-state index in [0.717, 1.165) is 78.2 Å². The molecule has 7 nitrogen and oxygen atoms in total. The van der Waals surface area contributed by atoms with E-state index in [9.17, 15) is 5.26 Å². The lowest BCUT2D eigenvalue weighted by atomic mass is 9.99.